The molecule has 0 radical (unpaired) electrons. The normalized spacial score (nSPS) is 12.1. The molecule has 0 aliphatic heterocycles. The third-order valence-corrected chi connectivity index (χ3v) is 3.65. The van der Waals surface area contributed by atoms with Crippen molar-refractivity contribution >= 4 is 23.4 Å². The highest BCUT2D eigenvalue weighted by Crippen LogP contribution is 2.34. The number of nitro groups is 1. The Bertz CT molecular complexity index is 422. The van der Waals surface area contributed by atoms with Crippen molar-refractivity contribution in [2.45, 2.75) is 29.9 Å². The molecule has 0 aromatic heterocycles. The quantitative estimate of drug-likeness (QED) is 0.480. The Balaban J connectivity index is 2.85. The highest BCUT2D eigenvalue weighted by Gasteiger charge is 2.18. The van der Waals surface area contributed by atoms with Crippen molar-refractivity contribution < 1.29 is 14.8 Å². The number of carbonyl (C=O) groups is 1. The zero-order chi connectivity index (χ0) is 12.8. The number of rotatable bonds is 6. The van der Waals surface area contributed by atoms with Crippen LogP contribution in [-0.4, -0.2) is 21.2 Å². The molecule has 1 rings (SSSR count). The third kappa shape index (κ3) is 4.07. The molecular formula is C11H13NO4S. The zero-order valence-corrected chi connectivity index (χ0v) is 10.1. The van der Waals surface area contributed by atoms with Crippen LogP contribution in [0.3, 0.4) is 0 Å². The van der Waals surface area contributed by atoms with E-state index < -0.39 is 10.9 Å². The van der Waals surface area contributed by atoms with Gasteiger partial charge in [-0.05, 0) is 12.5 Å². The van der Waals surface area contributed by atoms with Crippen LogP contribution in [0, 0.1) is 10.1 Å². The number of aliphatic carboxylic acids is 1. The highest BCUT2D eigenvalue weighted by molar-refractivity contribution is 8.00. The van der Waals surface area contributed by atoms with E-state index in [1.165, 1.54) is 17.8 Å². The minimum Gasteiger partial charge on any atom is -0.481 e. The van der Waals surface area contributed by atoms with Gasteiger partial charge in [-0.2, -0.15) is 0 Å². The molecule has 0 saturated carbocycles. The van der Waals surface area contributed by atoms with Gasteiger partial charge in [0.2, 0.25) is 0 Å². The lowest BCUT2D eigenvalue weighted by Gasteiger charge is -2.11. The Morgan fingerprint density at radius 2 is 2.18 bits per heavy atom. The summed E-state index contributed by atoms with van der Waals surface area (Å²) in [5, 5.41) is 19.4. The molecule has 0 fully saturated rings. The van der Waals surface area contributed by atoms with Crippen LogP contribution in [-0.2, 0) is 4.79 Å². The predicted molar refractivity (Wildman–Crippen MR) is 65.3 cm³/mol. The second-order valence-corrected chi connectivity index (χ2v) is 4.81. The SMILES string of the molecule is CCC(CC(=O)O)Sc1ccccc1[N+](=O)[O-]. The summed E-state index contributed by atoms with van der Waals surface area (Å²) in [6, 6.07) is 6.38. The molecule has 6 heteroatoms. The van der Waals surface area contributed by atoms with Gasteiger partial charge in [-0.3, -0.25) is 14.9 Å². The van der Waals surface area contributed by atoms with Crippen LogP contribution in [0.15, 0.2) is 29.2 Å². The lowest BCUT2D eigenvalue weighted by Crippen LogP contribution is -2.08. The molecule has 0 amide bonds. The summed E-state index contributed by atoms with van der Waals surface area (Å²) in [5.74, 6) is -0.886. The summed E-state index contributed by atoms with van der Waals surface area (Å²) in [4.78, 5) is 21.5. The Kier molecular flexibility index (Phi) is 4.96. The summed E-state index contributed by atoms with van der Waals surface area (Å²) in [5.41, 5.74) is 0.0290. The van der Waals surface area contributed by atoms with Crippen molar-refractivity contribution in [2.24, 2.45) is 0 Å². The molecule has 0 aliphatic carbocycles. The minimum atomic E-state index is -0.886. The van der Waals surface area contributed by atoms with Gasteiger partial charge in [0.15, 0.2) is 0 Å². The second-order valence-electron chi connectivity index (χ2n) is 3.47. The Labute approximate surface area is 103 Å². The number of hydrogen-bond acceptors (Lipinski definition) is 4. The minimum absolute atomic E-state index is 0.00716. The first-order valence-electron chi connectivity index (χ1n) is 5.16. The summed E-state index contributed by atoms with van der Waals surface area (Å²) >= 11 is 1.25. The highest BCUT2D eigenvalue weighted by atomic mass is 32.2. The summed E-state index contributed by atoms with van der Waals surface area (Å²) < 4.78 is 0. The van der Waals surface area contributed by atoms with Crippen LogP contribution in [0.5, 0.6) is 0 Å². The van der Waals surface area contributed by atoms with E-state index in [1.54, 1.807) is 18.2 Å². The molecule has 1 unspecified atom stereocenters. The third-order valence-electron chi connectivity index (χ3n) is 2.21. The average Bonchev–Trinajstić information content (AvgIpc) is 2.28. The van der Waals surface area contributed by atoms with Crippen LogP contribution in [0.2, 0.25) is 0 Å². The van der Waals surface area contributed by atoms with Crippen molar-refractivity contribution in [3.8, 4) is 0 Å². The van der Waals surface area contributed by atoms with Gasteiger partial charge in [0.1, 0.15) is 0 Å². The largest absolute Gasteiger partial charge is 0.481 e. The molecule has 1 atom stereocenters. The van der Waals surface area contributed by atoms with E-state index >= 15 is 0 Å². The lowest BCUT2D eigenvalue weighted by molar-refractivity contribution is -0.387. The number of hydrogen-bond donors (Lipinski definition) is 1. The van der Waals surface area contributed by atoms with Crippen molar-refractivity contribution in [1.82, 2.24) is 0 Å². The molecule has 0 saturated heterocycles. The molecule has 0 aliphatic rings. The predicted octanol–water partition coefficient (Wildman–Crippen LogP) is 2.94. The van der Waals surface area contributed by atoms with Crippen molar-refractivity contribution in [3.63, 3.8) is 0 Å². The summed E-state index contributed by atoms with van der Waals surface area (Å²) in [6.45, 7) is 1.87. The fraction of sp³-hybridized carbons (Fsp3) is 0.364. The van der Waals surface area contributed by atoms with Gasteiger partial charge in [0.25, 0.3) is 5.69 Å². The molecule has 1 aromatic carbocycles. The molecular weight excluding hydrogens is 242 g/mol. The van der Waals surface area contributed by atoms with E-state index in [1.807, 2.05) is 6.92 Å². The number of carboxylic acids is 1. The van der Waals surface area contributed by atoms with E-state index in [0.717, 1.165) is 0 Å². The first kappa shape index (κ1) is 13.5. The van der Waals surface area contributed by atoms with Gasteiger partial charge in [0, 0.05) is 11.3 Å². The first-order chi connectivity index (χ1) is 8.04. The van der Waals surface area contributed by atoms with Crippen molar-refractivity contribution in [2.75, 3.05) is 0 Å². The molecule has 0 spiro atoms. The van der Waals surface area contributed by atoms with E-state index in [4.69, 9.17) is 5.11 Å². The van der Waals surface area contributed by atoms with Crippen molar-refractivity contribution in [1.29, 1.82) is 0 Å². The fourth-order valence-corrected chi connectivity index (χ4v) is 2.52. The van der Waals surface area contributed by atoms with Gasteiger partial charge >= 0.3 is 5.97 Å². The van der Waals surface area contributed by atoms with E-state index in [0.29, 0.717) is 11.3 Å². The van der Waals surface area contributed by atoms with E-state index in [2.05, 4.69) is 0 Å². The lowest BCUT2D eigenvalue weighted by atomic mass is 10.2. The standard InChI is InChI=1S/C11H13NO4S/c1-2-8(7-11(13)14)17-10-6-4-3-5-9(10)12(15)16/h3-6,8H,2,7H2,1H3,(H,13,14). The van der Waals surface area contributed by atoms with E-state index in [-0.39, 0.29) is 17.4 Å². The molecule has 0 heterocycles. The first-order valence-corrected chi connectivity index (χ1v) is 6.04. The Hall–Kier alpha value is -1.56. The Morgan fingerprint density at radius 3 is 2.71 bits per heavy atom. The monoisotopic (exact) mass is 255 g/mol. The number of nitro benzene ring substituents is 1. The van der Waals surface area contributed by atoms with Crippen LogP contribution in [0.25, 0.3) is 0 Å². The topological polar surface area (TPSA) is 80.4 Å². The summed E-state index contributed by atoms with van der Waals surface area (Å²) in [7, 11) is 0. The Morgan fingerprint density at radius 1 is 1.53 bits per heavy atom. The molecule has 0 bridgehead atoms. The molecule has 92 valence electrons. The number of thioether (sulfide) groups is 1. The van der Waals surface area contributed by atoms with Gasteiger partial charge in [0.05, 0.1) is 16.2 Å². The average molecular weight is 255 g/mol. The maximum atomic E-state index is 10.8. The van der Waals surface area contributed by atoms with Gasteiger partial charge < -0.3 is 5.11 Å². The maximum Gasteiger partial charge on any atom is 0.304 e. The van der Waals surface area contributed by atoms with Gasteiger partial charge in [-0.25, -0.2) is 0 Å². The summed E-state index contributed by atoms with van der Waals surface area (Å²) in [6.07, 6.45) is 0.663. The molecule has 5 nitrogen and oxygen atoms in total. The fourth-order valence-electron chi connectivity index (χ4n) is 1.35. The van der Waals surface area contributed by atoms with Crippen LogP contribution < -0.4 is 0 Å². The van der Waals surface area contributed by atoms with Crippen LogP contribution in [0.1, 0.15) is 19.8 Å². The number of nitrogens with zero attached hydrogens (tertiary/aromatic N) is 1. The van der Waals surface area contributed by atoms with Crippen LogP contribution in [0.4, 0.5) is 5.69 Å². The zero-order valence-electron chi connectivity index (χ0n) is 9.33. The van der Waals surface area contributed by atoms with Crippen molar-refractivity contribution in [3.05, 3.63) is 34.4 Å². The van der Waals surface area contributed by atoms with Gasteiger partial charge in [-0.1, -0.05) is 19.1 Å². The number of carboxylic acid groups (broad SMARTS) is 1. The maximum absolute atomic E-state index is 10.8. The molecule has 17 heavy (non-hydrogen) atoms. The smallest absolute Gasteiger partial charge is 0.304 e. The second kappa shape index (κ2) is 6.24. The van der Waals surface area contributed by atoms with Gasteiger partial charge in [-0.15, -0.1) is 11.8 Å². The molecule has 1 aromatic rings. The number of benzene rings is 1. The molecule has 1 N–H and O–H groups in total. The van der Waals surface area contributed by atoms with E-state index in [9.17, 15) is 14.9 Å². The van der Waals surface area contributed by atoms with Crippen LogP contribution >= 0.6 is 11.8 Å². The number of para-hydroxylation sites is 1.